The van der Waals surface area contributed by atoms with Crippen LogP contribution in [0.2, 0.25) is 0 Å². The highest BCUT2D eigenvalue weighted by Crippen LogP contribution is 2.27. The molecule has 0 spiro atoms. The van der Waals surface area contributed by atoms with Crippen molar-refractivity contribution in [2.75, 3.05) is 13.2 Å². The lowest BCUT2D eigenvalue weighted by Crippen LogP contribution is -2.44. The van der Waals surface area contributed by atoms with E-state index in [9.17, 15) is 4.79 Å². The van der Waals surface area contributed by atoms with Crippen molar-refractivity contribution >= 4 is 5.91 Å². The number of nitrogens with zero attached hydrogens (tertiary/aromatic N) is 3. The van der Waals surface area contributed by atoms with Crippen LogP contribution in [0.1, 0.15) is 22.9 Å². The maximum atomic E-state index is 12.2. The van der Waals surface area contributed by atoms with E-state index in [1.165, 1.54) is 0 Å². The number of carbonyl (C=O) groups is 1. The van der Waals surface area contributed by atoms with Crippen LogP contribution in [-0.4, -0.2) is 34.0 Å². The van der Waals surface area contributed by atoms with Crippen LogP contribution >= 0.6 is 0 Å². The van der Waals surface area contributed by atoms with Crippen LogP contribution < -0.4 is 0 Å². The average Bonchev–Trinajstić information content (AvgIpc) is 2.51. The molecule has 0 aliphatic carbocycles. The largest absolute Gasteiger partial charge is 0.369 e. The summed E-state index contributed by atoms with van der Waals surface area (Å²) in [6.45, 7) is 3.13. The van der Waals surface area contributed by atoms with Crippen LogP contribution in [0.3, 0.4) is 0 Å². The molecule has 2 aromatic heterocycles. The number of aromatic nitrogens is 2. The molecule has 0 radical (unpaired) electrons. The lowest BCUT2D eigenvalue weighted by molar-refractivity contribution is -0.149. The molecule has 1 aliphatic rings. The highest BCUT2D eigenvalue weighted by molar-refractivity contribution is 5.78. The topological polar surface area (TPSA) is 55.3 Å². The van der Waals surface area contributed by atoms with Gasteiger partial charge in [-0.3, -0.25) is 14.8 Å². The normalized spacial score (nSPS) is 18.8. The Morgan fingerprint density at radius 3 is 3.00 bits per heavy atom. The summed E-state index contributed by atoms with van der Waals surface area (Å²) in [6.07, 6.45) is 5.31. The van der Waals surface area contributed by atoms with Gasteiger partial charge in [-0.15, -0.1) is 0 Å². The molecule has 0 saturated carbocycles. The molecule has 2 aromatic rings. The maximum absolute atomic E-state index is 12.2. The second-order valence-corrected chi connectivity index (χ2v) is 5.11. The standard InChI is InChI=1S/C16H17N3O2/c1-12-5-7-17-8-14(12)15-10-21-11-16(20)19(15)9-13-4-2-3-6-18-13/h2-8,15H,9-11H2,1H3. The summed E-state index contributed by atoms with van der Waals surface area (Å²) in [5.74, 6) is -0.0137. The smallest absolute Gasteiger partial charge is 0.249 e. The van der Waals surface area contributed by atoms with Gasteiger partial charge < -0.3 is 9.64 Å². The minimum atomic E-state index is -0.109. The van der Waals surface area contributed by atoms with Gasteiger partial charge in [0, 0.05) is 18.6 Å². The van der Waals surface area contributed by atoms with Crippen molar-refractivity contribution in [2.24, 2.45) is 0 Å². The quantitative estimate of drug-likeness (QED) is 0.863. The molecule has 0 aromatic carbocycles. The number of carbonyl (C=O) groups excluding carboxylic acids is 1. The number of aryl methyl sites for hydroxylation is 1. The maximum Gasteiger partial charge on any atom is 0.249 e. The van der Waals surface area contributed by atoms with Gasteiger partial charge in [0.2, 0.25) is 5.91 Å². The Morgan fingerprint density at radius 2 is 2.24 bits per heavy atom. The molecule has 3 rings (SSSR count). The molecule has 1 aliphatic heterocycles. The summed E-state index contributed by atoms with van der Waals surface area (Å²) in [5, 5.41) is 0. The Labute approximate surface area is 123 Å². The van der Waals surface area contributed by atoms with Crippen molar-refractivity contribution in [3.05, 3.63) is 59.7 Å². The SMILES string of the molecule is Cc1ccncc1C1COCC(=O)N1Cc1ccccn1. The highest BCUT2D eigenvalue weighted by Gasteiger charge is 2.31. The molecule has 1 fully saturated rings. The molecule has 0 N–H and O–H groups in total. The van der Waals surface area contributed by atoms with E-state index in [-0.39, 0.29) is 18.6 Å². The fourth-order valence-corrected chi connectivity index (χ4v) is 2.55. The molecular weight excluding hydrogens is 266 g/mol. The van der Waals surface area contributed by atoms with E-state index in [1.54, 1.807) is 12.4 Å². The molecule has 108 valence electrons. The third kappa shape index (κ3) is 2.92. The molecule has 21 heavy (non-hydrogen) atoms. The fraction of sp³-hybridized carbons (Fsp3) is 0.312. The van der Waals surface area contributed by atoms with Crippen molar-refractivity contribution in [1.82, 2.24) is 14.9 Å². The van der Waals surface area contributed by atoms with Crippen LogP contribution in [0.25, 0.3) is 0 Å². The second kappa shape index (κ2) is 6.01. The van der Waals surface area contributed by atoms with Crippen LogP contribution in [0, 0.1) is 6.92 Å². The number of ether oxygens (including phenoxy) is 1. The first-order chi connectivity index (χ1) is 10.3. The zero-order valence-electron chi connectivity index (χ0n) is 11.9. The van der Waals surface area contributed by atoms with Gasteiger partial charge in [0.1, 0.15) is 6.61 Å². The molecule has 1 saturated heterocycles. The Hall–Kier alpha value is -2.27. The average molecular weight is 283 g/mol. The van der Waals surface area contributed by atoms with Crippen molar-refractivity contribution in [1.29, 1.82) is 0 Å². The second-order valence-electron chi connectivity index (χ2n) is 5.11. The third-order valence-electron chi connectivity index (χ3n) is 3.69. The van der Waals surface area contributed by atoms with Gasteiger partial charge in [-0.25, -0.2) is 0 Å². The number of rotatable bonds is 3. The number of amides is 1. The number of morpholine rings is 1. The summed E-state index contributed by atoms with van der Waals surface area (Å²) >= 11 is 0. The number of pyridine rings is 2. The van der Waals surface area contributed by atoms with Crippen molar-refractivity contribution in [3.63, 3.8) is 0 Å². The predicted molar refractivity (Wildman–Crippen MR) is 77.3 cm³/mol. The third-order valence-corrected chi connectivity index (χ3v) is 3.69. The van der Waals surface area contributed by atoms with Crippen LogP contribution in [0.5, 0.6) is 0 Å². The first-order valence-corrected chi connectivity index (χ1v) is 6.93. The Bertz CT molecular complexity index is 630. The van der Waals surface area contributed by atoms with E-state index in [0.29, 0.717) is 13.2 Å². The summed E-state index contributed by atoms with van der Waals surface area (Å²) < 4.78 is 5.43. The summed E-state index contributed by atoms with van der Waals surface area (Å²) in [5.41, 5.74) is 3.01. The molecule has 5 nitrogen and oxygen atoms in total. The molecule has 5 heteroatoms. The van der Waals surface area contributed by atoms with Gasteiger partial charge in [0.15, 0.2) is 0 Å². The van der Waals surface area contributed by atoms with Gasteiger partial charge >= 0.3 is 0 Å². The van der Waals surface area contributed by atoms with E-state index in [2.05, 4.69) is 9.97 Å². The van der Waals surface area contributed by atoms with Crippen molar-refractivity contribution in [2.45, 2.75) is 19.5 Å². The first kappa shape index (κ1) is 13.7. The molecule has 3 heterocycles. The Balaban J connectivity index is 1.90. The number of hydrogen-bond donors (Lipinski definition) is 0. The van der Waals surface area contributed by atoms with E-state index in [4.69, 9.17) is 4.74 Å². The van der Waals surface area contributed by atoms with Gasteiger partial charge in [0.05, 0.1) is 24.9 Å². The lowest BCUT2D eigenvalue weighted by Gasteiger charge is -2.36. The Morgan fingerprint density at radius 1 is 1.33 bits per heavy atom. The van der Waals surface area contributed by atoms with Gasteiger partial charge in [-0.05, 0) is 36.2 Å². The first-order valence-electron chi connectivity index (χ1n) is 6.93. The van der Waals surface area contributed by atoms with E-state index >= 15 is 0 Å². The minimum Gasteiger partial charge on any atom is -0.369 e. The summed E-state index contributed by atoms with van der Waals surface area (Å²) in [6, 6.07) is 7.57. The fourth-order valence-electron chi connectivity index (χ4n) is 2.55. The molecule has 1 amide bonds. The zero-order valence-corrected chi connectivity index (χ0v) is 11.9. The van der Waals surface area contributed by atoms with Gasteiger partial charge in [0.25, 0.3) is 0 Å². The Kier molecular flexibility index (Phi) is 3.92. The highest BCUT2D eigenvalue weighted by atomic mass is 16.5. The van der Waals surface area contributed by atoms with E-state index in [1.807, 2.05) is 42.3 Å². The van der Waals surface area contributed by atoms with Crippen LogP contribution in [-0.2, 0) is 16.1 Å². The van der Waals surface area contributed by atoms with Crippen LogP contribution in [0.15, 0.2) is 42.9 Å². The summed E-state index contributed by atoms with van der Waals surface area (Å²) in [4.78, 5) is 22.6. The summed E-state index contributed by atoms with van der Waals surface area (Å²) in [7, 11) is 0. The number of hydrogen-bond acceptors (Lipinski definition) is 4. The zero-order chi connectivity index (χ0) is 14.7. The van der Waals surface area contributed by atoms with E-state index < -0.39 is 0 Å². The van der Waals surface area contributed by atoms with Gasteiger partial charge in [-0.2, -0.15) is 0 Å². The molecular formula is C16H17N3O2. The van der Waals surface area contributed by atoms with Crippen molar-refractivity contribution in [3.8, 4) is 0 Å². The predicted octanol–water partition coefficient (Wildman–Crippen LogP) is 1.89. The van der Waals surface area contributed by atoms with Crippen LogP contribution in [0.4, 0.5) is 0 Å². The van der Waals surface area contributed by atoms with Crippen molar-refractivity contribution < 1.29 is 9.53 Å². The minimum absolute atomic E-state index is 0.0137. The lowest BCUT2D eigenvalue weighted by atomic mass is 10.0. The molecule has 0 bridgehead atoms. The monoisotopic (exact) mass is 283 g/mol. The molecule has 1 atom stereocenters. The van der Waals surface area contributed by atoms with Gasteiger partial charge in [-0.1, -0.05) is 6.07 Å². The van der Waals surface area contributed by atoms with E-state index in [0.717, 1.165) is 16.8 Å². The molecule has 1 unspecified atom stereocenters.